The van der Waals surface area contributed by atoms with E-state index in [0.29, 0.717) is 20.9 Å². The maximum absolute atomic E-state index is 6.36. The first-order valence-electron chi connectivity index (χ1n) is 9.00. The quantitative estimate of drug-likeness (QED) is 0.510. The third-order valence-electron chi connectivity index (χ3n) is 4.81. The molecule has 1 fully saturated rings. The predicted octanol–water partition coefficient (Wildman–Crippen LogP) is 6.03. The number of nitrogens with one attached hydrogen (secondary N) is 1. The molecule has 4 nitrogen and oxygen atoms in total. The normalized spacial score (nSPS) is 19.3. The molecule has 1 aliphatic rings. The topological polar surface area (TPSA) is 41.3 Å². The molecule has 0 bridgehead atoms. The lowest BCUT2D eigenvalue weighted by Crippen LogP contribution is -2.35. The summed E-state index contributed by atoms with van der Waals surface area (Å²) in [7, 11) is 0. The maximum Gasteiger partial charge on any atom is 0.170 e. The van der Waals surface area contributed by atoms with E-state index in [-0.39, 0.29) is 18.1 Å². The fourth-order valence-electron chi connectivity index (χ4n) is 3.57. The van der Waals surface area contributed by atoms with E-state index in [2.05, 4.69) is 29.0 Å². The van der Waals surface area contributed by atoms with E-state index in [1.165, 1.54) is 0 Å². The van der Waals surface area contributed by atoms with Gasteiger partial charge in [0.1, 0.15) is 17.6 Å². The van der Waals surface area contributed by atoms with Crippen LogP contribution in [0.15, 0.2) is 59.1 Å². The van der Waals surface area contributed by atoms with E-state index in [4.69, 9.17) is 39.8 Å². The van der Waals surface area contributed by atoms with E-state index >= 15 is 0 Å². The van der Waals surface area contributed by atoms with Crippen molar-refractivity contribution >= 4 is 40.5 Å². The Kier molecular flexibility index (Phi) is 5.32. The highest BCUT2D eigenvalue weighted by atomic mass is 35.5. The average molecular weight is 432 g/mol. The number of furan rings is 1. The van der Waals surface area contributed by atoms with Crippen LogP contribution in [0.1, 0.15) is 37.4 Å². The fraction of sp³-hybridized carbons (Fsp3) is 0.238. The Morgan fingerprint density at radius 2 is 1.96 bits per heavy atom. The lowest BCUT2D eigenvalue weighted by Gasteiger charge is -2.29. The molecule has 144 valence electrons. The van der Waals surface area contributed by atoms with Crippen molar-refractivity contribution in [2.75, 3.05) is 0 Å². The summed E-state index contributed by atoms with van der Waals surface area (Å²) in [4.78, 5) is 6.68. The second-order valence-electron chi connectivity index (χ2n) is 6.95. The molecular weight excluding hydrogens is 413 g/mol. The standard InChI is InChI=1S/C21H19Cl2N3OS/c1-12(2)26-20(19(25-21(26)28)16-5-3-4-10-24-16)18-9-8-17(27-18)14-7-6-13(22)11-15(14)23/h3-12,19-20H,1-2H3,(H,25,28). The summed E-state index contributed by atoms with van der Waals surface area (Å²) in [5.74, 6) is 1.50. The van der Waals surface area contributed by atoms with Gasteiger partial charge in [0.25, 0.3) is 0 Å². The van der Waals surface area contributed by atoms with Gasteiger partial charge < -0.3 is 14.6 Å². The van der Waals surface area contributed by atoms with Crippen LogP contribution in [0.5, 0.6) is 0 Å². The van der Waals surface area contributed by atoms with Crippen molar-refractivity contribution in [2.24, 2.45) is 0 Å². The van der Waals surface area contributed by atoms with Crippen molar-refractivity contribution in [1.29, 1.82) is 0 Å². The number of pyridine rings is 1. The number of nitrogens with zero attached hydrogens (tertiary/aromatic N) is 2. The van der Waals surface area contributed by atoms with Crippen LogP contribution in [0.4, 0.5) is 0 Å². The summed E-state index contributed by atoms with van der Waals surface area (Å²) in [6.45, 7) is 4.23. The summed E-state index contributed by atoms with van der Waals surface area (Å²) < 4.78 is 6.26. The molecule has 0 aliphatic carbocycles. The van der Waals surface area contributed by atoms with Crippen LogP contribution in [0.25, 0.3) is 11.3 Å². The zero-order chi connectivity index (χ0) is 19.8. The molecule has 2 aromatic heterocycles. The summed E-state index contributed by atoms with van der Waals surface area (Å²) in [6, 6.07) is 15.1. The Balaban J connectivity index is 1.76. The Labute approximate surface area is 179 Å². The lowest BCUT2D eigenvalue weighted by molar-refractivity contribution is 0.237. The van der Waals surface area contributed by atoms with E-state index < -0.39 is 0 Å². The molecule has 28 heavy (non-hydrogen) atoms. The number of hydrogen-bond donors (Lipinski definition) is 1. The smallest absolute Gasteiger partial charge is 0.170 e. The Bertz CT molecular complexity index is 1010. The van der Waals surface area contributed by atoms with Crippen molar-refractivity contribution in [1.82, 2.24) is 15.2 Å². The second-order valence-corrected chi connectivity index (χ2v) is 8.18. The van der Waals surface area contributed by atoms with Gasteiger partial charge in [-0.1, -0.05) is 29.3 Å². The number of benzene rings is 1. The largest absolute Gasteiger partial charge is 0.459 e. The molecule has 2 unspecified atom stereocenters. The third-order valence-corrected chi connectivity index (χ3v) is 5.68. The molecule has 3 aromatic rings. The minimum absolute atomic E-state index is 0.101. The number of thiocarbonyl (C=S) groups is 1. The van der Waals surface area contributed by atoms with Gasteiger partial charge in [-0.2, -0.15) is 0 Å². The highest BCUT2D eigenvalue weighted by Crippen LogP contribution is 2.42. The van der Waals surface area contributed by atoms with Gasteiger partial charge in [0, 0.05) is 22.8 Å². The molecule has 2 atom stereocenters. The van der Waals surface area contributed by atoms with Crippen LogP contribution >= 0.6 is 35.4 Å². The van der Waals surface area contributed by atoms with Gasteiger partial charge in [0.15, 0.2) is 5.11 Å². The molecule has 1 aliphatic heterocycles. The van der Waals surface area contributed by atoms with Crippen molar-refractivity contribution in [3.05, 3.63) is 76.2 Å². The first kappa shape index (κ1) is 19.2. The summed E-state index contributed by atoms with van der Waals surface area (Å²) in [6.07, 6.45) is 1.79. The van der Waals surface area contributed by atoms with E-state index in [0.717, 1.165) is 17.0 Å². The number of rotatable bonds is 4. The SMILES string of the molecule is CC(C)N1C(=S)NC(c2ccccn2)C1c1ccc(-c2ccc(Cl)cc2Cl)o1. The minimum atomic E-state index is -0.109. The van der Waals surface area contributed by atoms with Gasteiger partial charge in [-0.25, -0.2) is 0 Å². The van der Waals surface area contributed by atoms with Crippen LogP contribution in [0, 0.1) is 0 Å². The van der Waals surface area contributed by atoms with E-state index in [9.17, 15) is 0 Å². The molecule has 0 spiro atoms. The van der Waals surface area contributed by atoms with Gasteiger partial charge in [0.2, 0.25) is 0 Å². The van der Waals surface area contributed by atoms with Crippen LogP contribution in [0.3, 0.4) is 0 Å². The molecule has 1 saturated heterocycles. The van der Waals surface area contributed by atoms with Gasteiger partial charge in [0.05, 0.1) is 16.8 Å². The number of aromatic nitrogens is 1. The predicted molar refractivity (Wildman–Crippen MR) is 117 cm³/mol. The molecule has 4 rings (SSSR count). The summed E-state index contributed by atoms with van der Waals surface area (Å²) in [5.41, 5.74) is 1.72. The number of hydrogen-bond acceptors (Lipinski definition) is 3. The van der Waals surface area contributed by atoms with Crippen LogP contribution < -0.4 is 5.32 Å². The molecule has 3 heterocycles. The molecule has 0 amide bonds. The highest BCUT2D eigenvalue weighted by Gasteiger charge is 2.42. The summed E-state index contributed by atoms with van der Waals surface area (Å²) >= 11 is 18.0. The van der Waals surface area contributed by atoms with Crippen LogP contribution in [-0.4, -0.2) is 21.0 Å². The zero-order valence-corrected chi connectivity index (χ0v) is 17.7. The van der Waals surface area contributed by atoms with Crippen molar-refractivity contribution < 1.29 is 4.42 Å². The average Bonchev–Trinajstić information content (AvgIpc) is 3.26. The minimum Gasteiger partial charge on any atom is -0.459 e. The first-order valence-corrected chi connectivity index (χ1v) is 10.2. The molecule has 1 N–H and O–H groups in total. The van der Waals surface area contributed by atoms with Crippen molar-refractivity contribution in [2.45, 2.75) is 32.0 Å². The fourth-order valence-corrected chi connectivity index (χ4v) is 4.52. The van der Waals surface area contributed by atoms with Crippen molar-refractivity contribution in [3.63, 3.8) is 0 Å². The second kappa shape index (κ2) is 7.74. The molecule has 0 saturated carbocycles. The molecular formula is C21H19Cl2N3OS. The van der Waals surface area contributed by atoms with Crippen LogP contribution in [0.2, 0.25) is 10.0 Å². The first-order chi connectivity index (χ1) is 13.5. The monoisotopic (exact) mass is 431 g/mol. The molecule has 0 radical (unpaired) electrons. The zero-order valence-electron chi connectivity index (χ0n) is 15.4. The Morgan fingerprint density at radius 3 is 2.64 bits per heavy atom. The van der Waals surface area contributed by atoms with Crippen molar-refractivity contribution in [3.8, 4) is 11.3 Å². The molecule has 7 heteroatoms. The van der Waals surface area contributed by atoms with Gasteiger partial charge in [-0.3, -0.25) is 4.98 Å². The Hall–Kier alpha value is -2.08. The third kappa shape index (κ3) is 3.50. The maximum atomic E-state index is 6.36. The van der Waals surface area contributed by atoms with Gasteiger partial charge >= 0.3 is 0 Å². The van der Waals surface area contributed by atoms with Crippen LogP contribution in [-0.2, 0) is 0 Å². The Morgan fingerprint density at radius 1 is 1.14 bits per heavy atom. The number of halogens is 2. The van der Waals surface area contributed by atoms with Gasteiger partial charge in [-0.05, 0) is 68.5 Å². The highest BCUT2D eigenvalue weighted by molar-refractivity contribution is 7.80. The summed E-state index contributed by atoms with van der Waals surface area (Å²) in [5, 5.41) is 5.24. The van der Waals surface area contributed by atoms with E-state index in [1.807, 2.05) is 36.4 Å². The lowest BCUT2D eigenvalue weighted by atomic mass is 10.0. The molecule has 1 aromatic carbocycles. The van der Waals surface area contributed by atoms with E-state index in [1.54, 1.807) is 18.3 Å². The van der Waals surface area contributed by atoms with Gasteiger partial charge in [-0.15, -0.1) is 0 Å².